The van der Waals surface area contributed by atoms with Crippen molar-refractivity contribution in [3.05, 3.63) is 15.0 Å². The third-order valence-electron chi connectivity index (χ3n) is 0. The van der Waals surface area contributed by atoms with Gasteiger partial charge < -0.3 is 47.5 Å². The molecular formula is H8Cl2N4O5Pt+2. The molecule has 8 N–H and O–H groups in total. The van der Waals surface area contributed by atoms with Crippen LogP contribution in [0.3, 0.4) is 0 Å². The van der Waals surface area contributed by atoms with E-state index in [1.54, 1.807) is 0 Å². The summed E-state index contributed by atoms with van der Waals surface area (Å²) >= 11 is 0. The van der Waals surface area contributed by atoms with Gasteiger partial charge in [-0.05, 0) is 0 Å². The second kappa shape index (κ2) is 72.0. The second-order valence-electron chi connectivity index (χ2n) is 0.319. The van der Waals surface area contributed by atoms with Crippen LogP contribution in [0.25, 0.3) is 0 Å². The van der Waals surface area contributed by atoms with Crippen LogP contribution >= 0.6 is 0 Å². The number of rotatable bonds is 0. The summed E-state index contributed by atoms with van der Waals surface area (Å²) in [6.45, 7) is 0. The van der Waals surface area contributed by atoms with Crippen molar-refractivity contribution in [2.75, 3.05) is 0 Å². The van der Waals surface area contributed by atoms with E-state index in [9.17, 15) is 0 Å². The third-order valence-corrected chi connectivity index (χ3v) is 0. The molecule has 0 spiro atoms. The molecule has 0 rings (SSSR count). The molecule has 0 fully saturated rings. The molecule has 0 radical (unpaired) electrons. The normalized spacial score (nSPS) is 3.00. The molecule has 0 heterocycles. The molecule has 12 heavy (non-hydrogen) atoms. The van der Waals surface area contributed by atoms with E-state index in [1.807, 2.05) is 0 Å². The van der Waals surface area contributed by atoms with Crippen molar-refractivity contribution in [1.82, 2.24) is 12.3 Å². The van der Waals surface area contributed by atoms with E-state index in [2.05, 4.69) is 0 Å². The number of hydrogen-bond acceptors (Lipinski definition) is 6. The first-order valence-electron chi connectivity index (χ1n) is 0.948. The fourth-order valence-electron chi connectivity index (χ4n) is 0. The van der Waals surface area contributed by atoms with Gasteiger partial charge in [-0.15, -0.1) is 15.0 Å². The van der Waals surface area contributed by atoms with Gasteiger partial charge in [0.15, 0.2) is 5.34 Å². The van der Waals surface area contributed by atoms with Crippen LogP contribution < -0.4 is 37.1 Å². The maximum Gasteiger partial charge on any atom is 4.00 e. The minimum Gasteiger partial charge on any atom is -1.00 e. The summed E-state index contributed by atoms with van der Waals surface area (Å²) in [4.78, 5) is 16.5. The van der Waals surface area contributed by atoms with E-state index in [0.717, 1.165) is 0 Å². The van der Waals surface area contributed by atoms with Gasteiger partial charge in [0.25, 0.3) is 5.09 Å². The van der Waals surface area contributed by atoms with Crippen molar-refractivity contribution < 1.29 is 61.4 Å². The van der Waals surface area contributed by atoms with Crippen LogP contribution in [-0.2, 0) is 21.1 Å². The first-order chi connectivity index (χ1) is 3.15. The van der Waals surface area contributed by atoms with Crippen molar-refractivity contribution in [3.8, 4) is 0 Å². The van der Waals surface area contributed by atoms with Crippen LogP contribution in [0.2, 0.25) is 0 Å². The van der Waals surface area contributed by atoms with Gasteiger partial charge in [-0.25, -0.2) is 0 Å². The third kappa shape index (κ3) is 16900. The molecule has 12 heteroatoms. The molecule has 0 bridgehead atoms. The van der Waals surface area contributed by atoms with Gasteiger partial charge in [0.1, 0.15) is 0 Å². The average molecular weight is 410 g/mol. The van der Waals surface area contributed by atoms with E-state index in [-0.39, 0.29) is 58.2 Å². The van der Waals surface area contributed by atoms with E-state index in [1.165, 1.54) is 5.34 Å². The smallest absolute Gasteiger partial charge is 1.00 e. The van der Waals surface area contributed by atoms with Crippen LogP contribution in [0.1, 0.15) is 0 Å². The fraction of sp³-hybridized carbons (Fsp3) is 0. The van der Waals surface area contributed by atoms with Crippen molar-refractivity contribution in [1.29, 1.82) is 0 Å². The minimum atomic E-state index is -1.50. The van der Waals surface area contributed by atoms with Crippen molar-refractivity contribution >= 4 is 0 Å². The van der Waals surface area contributed by atoms with Crippen LogP contribution in [0.15, 0.2) is 5.34 Å². The molecule has 0 aromatic rings. The fourth-order valence-corrected chi connectivity index (χ4v) is 0. The molecule has 0 atom stereocenters. The molecule has 0 aliphatic carbocycles. The maximum absolute atomic E-state index is 8.36. The summed E-state index contributed by atoms with van der Waals surface area (Å²) in [6, 6.07) is 0. The summed E-state index contributed by atoms with van der Waals surface area (Å²) in [5.41, 5.74) is 0. The molecule has 0 aliphatic heterocycles. The average Bonchev–Trinajstić information content (AvgIpc) is 1.33. The summed E-state index contributed by atoms with van der Waals surface area (Å²) < 4.78 is 0. The zero-order valence-corrected chi connectivity index (χ0v) is 9.28. The van der Waals surface area contributed by atoms with E-state index in [4.69, 9.17) is 25.4 Å². The van der Waals surface area contributed by atoms with E-state index >= 15 is 0 Å². The summed E-state index contributed by atoms with van der Waals surface area (Å²) in [5, 5.41) is 21.5. The second-order valence-corrected chi connectivity index (χ2v) is 0.319. The molecule has 9 nitrogen and oxygen atoms in total. The summed E-state index contributed by atoms with van der Waals surface area (Å²) in [6.07, 6.45) is 0. The largest absolute Gasteiger partial charge is 4.00 e. The predicted octanol–water partition coefficient (Wildman–Crippen LogP) is -5.88. The number of hydrogen-bond donors (Lipinski definition) is 4. The van der Waals surface area contributed by atoms with E-state index < -0.39 is 5.09 Å². The Morgan fingerprint density at radius 3 is 1.25 bits per heavy atom. The first kappa shape index (κ1) is 59.8. The Balaban J connectivity index is -0.00000000597. The van der Waals surface area contributed by atoms with Crippen molar-refractivity contribution in [2.24, 2.45) is 5.34 Å². The van der Waals surface area contributed by atoms with Gasteiger partial charge >= 0.3 is 21.1 Å². The Hall–Kier alpha value is -0.212. The molecule has 0 amide bonds. The Kier molecular flexibility index (Phi) is 359. The van der Waals surface area contributed by atoms with Crippen LogP contribution in [0.5, 0.6) is 0 Å². The SMILES string of the molecule is N.N.O=NO.O=[N+]([O-])O.[Cl-].[Cl-].[Pt+4]. The molecule has 0 aromatic carbocycles. The van der Waals surface area contributed by atoms with Gasteiger partial charge in [-0.3, -0.25) is 0 Å². The van der Waals surface area contributed by atoms with Crippen molar-refractivity contribution in [2.45, 2.75) is 0 Å². The maximum atomic E-state index is 8.36. The predicted molar refractivity (Wildman–Crippen MR) is 26.4 cm³/mol. The topological polar surface area (TPSA) is 183 Å². The molecular weight excluding hydrogens is 402 g/mol. The Labute approximate surface area is 94.2 Å². The minimum absolute atomic E-state index is 0. The van der Waals surface area contributed by atoms with Gasteiger partial charge in [0, 0.05) is 0 Å². The van der Waals surface area contributed by atoms with Gasteiger partial charge in [0.2, 0.25) is 0 Å². The quantitative estimate of drug-likeness (QED) is 0.174. The zero-order chi connectivity index (χ0) is 6.28. The molecule has 0 aromatic heterocycles. The monoisotopic (exact) mass is 409 g/mol. The van der Waals surface area contributed by atoms with Crippen LogP contribution in [0, 0.1) is 15.0 Å². The Bertz CT molecular complexity index is 68.5. The molecule has 0 unspecified atom stereocenters. The summed E-state index contributed by atoms with van der Waals surface area (Å²) in [5.74, 6) is 0. The van der Waals surface area contributed by atoms with Gasteiger partial charge in [0.05, 0.1) is 0 Å². The molecule has 80 valence electrons. The Morgan fingerprint density at radius 2 is 1.25 bits per heavy atom. The molecule has 0 saturated carbocycles. The van der Waals surface area contributed by atoms with Crippen molar-refractivity contribution in [3.63, 3.8) is 0 Å². The molecule has 0 saturated heterocycles. The van der Waals surface area contributed by atoms with E-state index in [0.29, 0.717) is 0 Å². The Morgan fingerprint density at radius 1 is 1.25 bits per heavy atom. The number of halogens is 2. The molecule has 0 aliphatic rings. The number of nitrogens with zero attached hydrogens (tertiary/aromatic N) is 2. The van der Waals surface area contributed by atoms with Gasteiger partial charge in [-0.2, -0.15) is 0 Å². The van der Waals surface area contributed by atoms with Crippen LogP contribution in [0.4, 0.5) is 0 Å². The standard InChI is InChI=1S/2ClH.HNO3.HNO2.2H3N.Pt/c;;2-1(3)4;2-1-3;;;/h2*1H;(H,2,3,4);(H,2,3);2*1H3;/q;;;;;;+4/p-2. The summed E-state index contributed by atoms with van der Waals surface area (Å²) in [7, 11) is 0. The van der Waals surface area contributed by atoms with Gasteiger partial charge in [-0.1, -0.05) is 0 Å². The first-order valence-corrected chi connectivity index (χ1v) is 0.948. The zero-order valence-electron chi connectivity index (χ0n) is 5.50. The van der Waals surface area contributed by atoms with Crippen LogP contribution in [-0.4, -0.2) is 15.5 Å².